The standard InChI is InChI=1S/C15H28N3O/c1-5-7-9-17(10-8-6-2)15(19)13-18-12-11-16(4)14(18)3/h11-12H,5-10,13H2,1-4H3/q+1. The van der Waals surface area contributed by atoms with Crippen LogP contribution in [0.25, 0.3) is 0 Å². The summed E-state index contributed by atoms with van der Waals surface area (Å²) in [7, 11) is 2.00. The van der Waals surface area contributed by atoms with Gasteiger partial charge in [-0.3, -0.25) is 4.79 Å². The van der Waals surface area contributed by atoms with E-state index in [1.165, 1.54) is 0 Å². The third-order valence-corrected chi connectivity index (χ3v) is 3.62. The molecule has 1 amide bonds. The Labute approximate surface area is 117 Å². The molecule has 0 unspecified atom stereocenters. The van der Waals surface area contributed by atoms with Gasteiger partial charge in [-0.05, 0) is 12.8 Å². The van der Waals surface area contributed by atoms with Crippen molar-refractivity contribution < 1.29 is 9.36 Å². The van der Waals surface area contributed by atoms with Crippen LogP contribution in [0.4, 0.5) is 0 Å². The number of hydrogen-bond donors (Lipinski definition) is 0. The summed E-state index contributed by atoms with van der Waals surface area (Å²) in [5.74, 6) is 1.35. The quantitative estimate of drug-likeness (QED) is 0.662. The summed E-state index contributed by atoms with van der Waals surface area (Å²) in [5, 5.41) is 0. The predicted molar refractivity (Wildman–Crippen MR) is 76.7 cm³/mol. The molecule has 0 fully saturated rings. The molecule has 0 aliphatic rings. The van der Waals surface area contributed by atoms with Gasteiger partial charge in [0.1, 0.15) is 12.4 Å². The Bertz CT molecular complexity index is 390. The second-order valence-corrected chi connectivity index (χ2v) is 5.17. The smallest absolute Gasteiger partial charge is 0.264 e. The van der Waals surface area contributed by atoms with E-state index in [9.17, 15) is 4.79 Å². The third kappa shape index (κ3) is 4.69. The maximum atomic E-state index is 12.4. The van der Waals surface area contributed by atoms with Gasteiger partial charge in [0.05, 0.1) is 7.05 Å². The predicted octanol–water partition coefficient (Wildman–Crippen LogP) is 2.05. The molecule has 19 heavy (non-hydrogen) atoms. The second kappa shape index (κ2) is 7.97. The summed E-state index contributed by atoms with van der Waals surface area (Å²) >= 11 is 0. The lowest BCUT2D eigenvalue weighted by molar-refractivity contribution is -0.677. The molecule has 0 aromatic carbocycles. The van der Waals surface area contributed by atoms with E-state index < -0.39 is 0 Å². The van der Waals surface area contributed by atoms with E-state index in [-0.39, 0.29) is 5.91 Å². The van der Waals surface area contributed by atoms with E-state index in [0.29, 0.717) is 6.54 Å². The molecular weight excluding hydrogens is 238 g/mol. The molecule has 0 radical (unpaired) electrons. The van der Waals surface area contributed by atoms with Gasteiger partial charge in [-0.2, -0.15) is 0 Å². The highest BCUT2D eigenvalue weighted by atomic mass is 16.2. The lowest BCUT2D eigenvalue weighted by atomic mass is 10.2. The van der Waals surface area contributed by atoms with Crippen molar-refractivity contribution in [2.45, 2.75) is 53.0 Å². The summed E-state index contributed by atoms with van der Waals surface area (Å²) in [5.41, 5.74) is 0. The van der Waals surface area contributed by atoms with Gasteiger partial charge in [0.25, 0.3) is 11.7 Å². The Kier molecular flexibility index (Phi) is 6.60. The normalized spacial score (nSPS) is 10.7. The van der Waals surface area contributed by atoms with E-state index in [2.05, 4.69) is 13.8 Å². The average Bonchev–Trinajstić information content (AvgIpc) is 2.71. The van der Waals surface area contributed by atoms with Crippen LogP contribution in [0.5, 0.6) is 0 Å². The molecular formula is C15H28N3O+. The van der Waals surface area contributed by atoms with Crippen molar-refractivity contribution in [3.8, 4) is 0 Å². The van der Waals surface area contributed by atoms with Crippen molar-refractivity contribution in [2.75, 3.05) is 13.1 Å². The minimum absolute atomic E-state index is 0.237. The van der Waals surface area contributed by atoms with Gasteiger partial charge in [-0.25, -0.2) is 9.13 Å². The van der Waals surface area contributed by atoms with Crippen LogP contribution in [0.3, 0.4) is 0 Å². The molecule has 0 atom stereocenters. The average molecular weight is 266 g/mol. The van der Waals surface area contributed by atoms with Crippen molar-refractivity contribution in [3.05, 3.63) is 18.2 Å². The number of aromatic nitrogens is 2. The van der Waals surface area contributed by atoms with E-state index >= 15 is 0 Å². The van der Waals surface area contributed by atoms with E-state index in [0.717, 1.165) is 44.6 Å². The van der Waals surface area contributed by atoms with Crippen LogP contribution in [-0.2, 0) is 18.4 Å². The van der Waals surface area contributed by atoms with Crippen LogP contribution in [0.15, 0.2) is 12.4 Å². The third-order valence-electron chi connectivity index (χ3n) is 3.62. The molecule has 108 valence electrons. The zero-order valence-corrected chi connectivity index (χ0v) is 12.9. The van der Waals surface area contributed by atoms with E-state index in [1.807, 2.05) is 40.4 Å². The van der Waals surface area contributed by atoms with E-state index in [4.69, 9.17) is 0 Å². The highest BCUT2D eigenvalue weighted by Crippen LogP contribution is 2.03. The van der Waals surface area contributed by atoms with E-state index in [1.54, 1.807) is 0 Å². The Hall–Kier alpha value is -1.32. The van der Waals surface area contributed by atoms with Crippen molar-refractivity contribution in [1.82, 2.24) is 9.47 Å². The molecule has 1 aromatic rings. The summed E-state index contributed by atoms with van der Waals surface area (Å²) in [6.07, 6.45) is 8.42. The number of amides is 1. The fourth-order valence-corrected chi connectivity index (χ4v) is 2.07. The molecule has 0 saturated heterocycles. The van der Waals surface area contributed by atoms with Crippen molar-refractivity contribution in [2.24, 2.45) is 7.05 Å². The summed E-state index contributed by atoms with van der Waals surface area (Å²) in [6, 6.07) is 0. The molecule has 0 N–H and O–H groups in total. The first-order chi connectivity index (χ1) is 9.10. The molecule has 4 nitrogen and oxygen atoms in total. The van der Waals surface area contributed by atoms with Crippen molar-refractivity contribution >= 4 is 5.91 Å². The summed E-state index contributed by atoms with van der Waals surface area (Å²) < 4.78 is 4.06. The van der Waals surface area contributed by atoms with Crippen molar-refractivity contribution in [1.29, 1.82) is 0 Å². The molecule has 0 aliphatic heterocycles. The molecule has 0 bridgehead atoms. The minimum atomic E-state index is 0.237. The molecule has 1 heterocycles. The van der Waals surface area contributed by atoms with Gasteiger partial charge in [0, 0.05) is 20.0 Å². The second-order valence-electron chi connectivity index (χ2n) is 5.17. The first-order valence-electron chi connectivity index (χ1n) is 7.39. The van der Waals surface area contributed by atoms with Gasteiger partial charge in [0.15, 0.2) is 6.54 Å². The maximum absolute atomic E-state index is 12.4. The highest BCUT2D eigenvalue weighted by molar-refractivity contribution is 5.76. The largest absolute Gasteiger partial charge is 0.339 e. The number of aryl methyl sites for hydroxylation is 1. The Morgan fingerprint density at radius 2 is 1.84 bits per heavy atom. The zero-order chi connectivity index (χ0) is 14.3. The van der Waals surface area contributed by atoms with Crippen LogP contribution in [0.1, 0.15) is 45.4 Å². The molecule has 4 heteroatoms. The fourth-order valence-electron chi connectivity index (χ4n) is 2.07. The summed E-state index contributed by atoms with van der Waals surface area (Å²) in [6.45, 7) is 8.61. The van der Waals surface area contributed by atoms with Gasteiger partial charge in [0.2, 0.25) is 0 Å². The van der Waals surface area contributed by atoms with Crippen molar-refractivity contribution in [3.63, 3.8) is 0 Å². The Morgan fingerprint density at radius 3 is 2.26 bits per heavy atom. The van der Waals surface area contributed by atoms with Gasteiger partial charge in [-0.15, -0.1) is 0 Å². The minimum Gasteiger partial charge on any atom is -0.339 e. The number of carbonyl (C=O) groups excluding carboxylic acids is 1. The topological polar surface area (TPSA) is 29.1 Å². The molecule has 1 aromatic heterocycles. The molecule has 1 rings (SSSR count). The Balaban J connectivity index is 2.62. The van der Waals surface area contributed by atoms with Crippen LogP contribution in [0.2, 0.25) is 0 Å². The van der Waals surface area contributed by atoms with Crippen LogP contribution < -0.4 is 4.57 Å². The number of hydrogen-bond acceptors (Lipinski definition) is 1. The van der Waals surface area contributed by atoms with Crippen LogP contribution >= 0.6 is 0 Å². The number of rotatable bonds is 8. The van der Waals surface area contributed by atoms with Gasteiger partial charge >= 0.3 is 0 Å². The fraction of sp³-hybridized carbons (Fsp3) is 0.733. The SMILES string of the molecule is CCCCN(CCCC)C(=O)Cn1cc[n+](C)c1C. The number of nitrogens with zero attached hydrogens (tertiary/aromatic N) is 3. The zero-order valence-electron chi connectivity index (χ0n) is 12.9. The number of imidazole rings is 1. The Morgan fingerprint density at radius 1 is 1.26 bits per heavy atom. The highest BCUT2D eigenvalue weighted by Gasteiger charge is 2.18. The molecule has 0 spiro atoms. The first-order valence-corrected chi connectivity index (χ1v) is 7.39. The first kappa shape index (κ1) is 15.7. The summed E-state index contributed by atoms with van der Waals surface area (Å²) in [4.78, 5) is 14.4. The lowest BCUT2D eigenvalue weighted by Crippen LogP contribution is -2.37. The number of unbranched alkanes of at least 4 members (excludes halogenated alkanes) is 2. The van der Waals surface area contributed by atoms with Gasteiger partial charge in [-0.1, -0.05) is 26.7 Å². The van der Waals surface area contributed by atoms with Crippen LogP contribution in [-0.4, -0.2) is 28.5 Å². The number of carbonyl (C=O) groups is 1. The monoisotopic (exact) mass is 266 g/mol. The maximum Gasteiger partial charge on any atom is 0.264 e. The molecule has 0 aliphatic carbocycles. The van der Waals surface area contributed by atoms with Crippen LogP contribution in [0, 0.1) is 6.92 Å². The molecule has 0 saturated carbocycles. The van der Waals surface area contributed by atoms with Gasteiger partial charge < -0.3 is 4.90 Å². The lowest BCUT2D eigenvalue weighted by Gasteiger charge is -2.21.